The first-order valence-corrected chi connectivity index (χ1v) is 12.9. The lowest BCUT2D eigenvalue weighted by Crippen LogP contribution is -2.37. The third-order valence-electron chi connectivity index (χ3n) is 8.24. The van der Waals surface area contributed by atoms with Crippen LogP contribution in [0.5, 0.6) is 17.5 Å². The number of aromatic nitrogens is 1. The Balaban J connectivity index is 1.46. The Bertz CT molecular complexity index is 1680. The van der Waals surface area contributed by atoms with Gasteiger partial charge in [-0.3, -0.25) is 4.57 Å². The highest BCUT2D eigenvalue weighted by atomic mass is 16.6. The molecule has 0 amide bonds. The van der Waals surface area contributed by atoms with Crippen molar-refractivity contribution in [2.24, 2.45) is 0 Å². The Morgan fingerprint density at radius 2 is 1.69 bits per heavy atom. The molecule has 0 saturated carbocycles. The molecule has 8 nitrogen and oxygen atoms in total. The van der Waals surface area contributed by atoms with Crippen LogP contribution >= 0.6 is 0 Å². The van der Waals surface area contributed by atoms with Crippen LogP contribution in [-0.2, 0) is 20.7 Å². The summed E-state index contributed by atoms with van der Waals surface area (Å²) in [6.45, 7) is 2.27. The number of fused-ring (bicyclic) bond motifs is 6. The first-order valence-electron chi connectivity index (χ1n) is 12.9. The normalized spacial score (nSPS) is 22.9. The van der Waals surface area contributed by atoms with Gasteiger partial charge < -0.3 is 24.4 Å². The summed E-state index contributed by atoms with van der Waals surface area (Å²) in [5, 5.41) is 43.6. The van der Waals surface area contributed by atoms with Crippen LogP contribution in [0.15, 0.2) is 60.7 Å². The molecule has 1 aromatic heterocycles. The third-order valence-corrected chi connectivity index (χ3v) is 8.24. The highest BCUT2D eigenvalue weighted by Gasteiger charge is 2.67. The Kier molecular flexibility index (Phi) is 5.76. The Hall–Kier alpha value is -4.50. The van der Waals surface area contributed by atoms with Gasteiger partial charge in [0.2, 0.25) is 11.8 Å². The van der Waals surface area contributed by atoms with Gasteiger partial charge in [-0.05, 0) is 42.8 Å². The van der Waals surface area contributed by atoms with Crippen molar-refractivity contribution in [3.8, 4) is 35.3 Å². The van der Waals surface area contributed by atoms with E-state index in [1.54, 1.807) is 43.5 Å². The summed E-state index contributed by atoms with van der Waals surface area (Å²) < 4.78 is 20.1. The molecular weight excluding hydrogens is 494 g/mol. The topological polar surface area (TPSA) is 121 Å². The maximum absolute atomic E-state index is 11.7. The molecule has 2 N–H and O–H groups in total. The van der Waals surface area contributed by atoms with E-state index in [4.69, 9.17) is 19.5 Å². The van der Waals surface area contributed by atoms with Crippen molar-refractivity contribution in [3.63, 3.8) is 0 Å². The molecule has 3 heterocycles. The van der Waals surface area contributed by atoms with Crippen LogP contribution in [0.2, 0.25) is 0 Å². The van der Waals surface area contributed by atoms with Crippen molar-refractivity contribution in [2.75, 3.05) is 13.7 Å². The molecule has 1 fully saturated rings. The van der Waals surface area contributed by atoms with Crippen LogP contribution in [0.25, 0.3) is 16.5 Å². The lowest BCUT2D eigenvalue weighted by molar-refractivity contribution is -0.125. The minimum absolute atomic E-state index is 0.0967. The maximum Gasteiger partial charge on any atom is 0.205 e. The molecule has 0 unspecified atom stereocenters. The summed E-state index contributed by atoms with van der Waals surface area (Å²) in [6.07, 6.45) is 1.10. The lowest BCUT2D eigenvalue weighted by atomic mass is 9.74. The number of hydrogen-bond donors (Lipinski definition) is 2. The van der Waals surface area contributed by atoms with E-state index in [1.807, 2.05) is 31.2 Å². The average Bonchev–Trinajstić information content (AvgIpc) is 3.56. The molecule has 3 atom stereocenters. The van der Waals surface area contributed by atoms with E-state index in [9.17, 15) is 15.5 Å². The molecule has 1 saturated heterocycles. The molecule has 8 heteroatoms. The van der Waals surface area contributed by atoms with Crippen LogP contribution in [0.1, 0.15) is 48.4 Å². The molecule has 2 aliphatic rings. The SMILES string of the molecule is CC[C@]12O[C@](CCOc3ccc(C#N)cc3)(C[C@@H]1OC)c1c2c(O)n(-c2ccc(C#N)c3ccccc23)c1O. The van der Waals surface area contributed by atoms with Gasteiger partial charge in [-0.1, -0.05) is 31.2 Å². The van der Waals surface area contributed by atoms with Gasteiger partial charge in [0.1, 0.15) is 17.0 Å². The third kappa shape index (κ3) is 3.43. The summed E-state index contributed by atoms with van der Waals surface area (Å²) in [6, 6.07) is 22.1. The van der Waals surface area contributed by atoms with Crippen molar-refractivity contribution < 1.29 is 24.4 Å². The Morgan fingerprint density at radius 1 is 0.974 bits per heavy atom. The lowest BCUT2D eigenvalue weighted by Gasteiger charge is -2.31. The zero-order valence-corrected chi connectivity index (χ0v) is 21.6. The van der Waals surface area contributed by atoms with Crippen molar-refractivity contribution in [1.82, 2.24) is 4.57 Å². The van der Waals surface area contributed by atoms with E-state index in [2.05, 4.69) is 12.1 Å². The first-order chi connectivity index (χ1) is 18.9. The minimum Gasteiger partial charge on any atom is -0.494 e. The van der Waals surface area contributed by atoms with E-state index < -0.39 is 11.2 Å². The molecule has 196 valence electrons. The van der Waals surface area contributed by atoms with Crippen LogP contribution < -0.4 is 4.74 Å². The van der Waals surface area contributed by atoms with Gasteiger partial charge in [0, 0.05) is 30.7 Å². The van der Waals surface area contributed by atoms with E-state index in [0.717, 1.165) is 10.8 Å². The van der Waals surface area contributed by atoms with E-state index >= 15 is 0 Å². The number of aromatic hydroxyl groups is 2. The Morgan fingerprint density at radius 3 is 2.36 bits per heavy atom. The maximum atomic E-state index is 11.7. The summed E-state index contributed by atoms with van der Waals surface area (Å²) >= 11 is 0. The molecule has 6 rings (SSSR count). The fourth-order valence-electron chi connectivity index (χ4n) is 6.46. The van der Waals surface area contributed by atoms with Gasteiger partial charge in [-0.25, -0.2) is 0 Å². The summed E-state index contributed by atoms with van der Waals surface area (Å²) in [7, 11) is 1.63. The van der Waals surface area contributed by atoms with Gasteiger partial charge in [-0.2, -0.15) is 10.5 Å². The van der Waals surface area contributed by atoms with Crippen molar-refractivity contribution >= 4 is 10.8 Å². The predicted octanol–water partition coefficient (Wildman–Crippen LogP) is 5.50. The highest BCUT2D eigenvalue weighted by Crippen LogP contribution is 2.67. The summed E-state index contributed by atoms with van der Waals surface area (Å²) in [5.41, 5.74) is 0.837. The van der Waals surface area contributed by atoms with Gasteiger partial charge in [0.25, 0.3) is 0 Å². The summed E-state index contributed by atoms with van der Waals surface area (Å²) in [5.74, 6) is 0.428. The van der Waals surface area contributed by atoms with Gasteiger partial charge in [0.15, 0.2) is 0 Å². The first kappa shape index (κ1) is 24.8. The zero-order valence-electron chi connectivity index (χ0n) is 21.6. The quantitative estimate of drug-likeness (QED) is 0.329. The fourth-order valence-corrected chi connectivity index (χ4v) is 6.46. The monoisotopic (exact) mass is 521 g/mol. The summed E-state index contributed by atoms with van der Waals surface area (Å²) in [4.78, 5) is 0. The molecule has 2 aliphatic heterocycles. The number of rotatable bonds is 7. The number of nitrogens with zero attached hydrogens (tertiary/aromatic N) is 3. The Labute approximate surface area is 225 Å². The van der Waals surface area contributed by atoms with Crippen LogP contribution in [0, 0.1) is 22.7 Å². The highest BCUT2D eigenvalue weighted by molar-refractivity contribution is 5.95. The molecule has 4 aromatic rings. The molecule has 0 aliphatic carbocycles. The largest absolute Gasteiger partial charge is 0.494 e. The number of methoxy groups -OCH3 is 1. The van der Waals surface area contributed by atoms with E-state index in [1.165, 1.54) is 4.57 Å². The smallest absolute Gasteiger partial charge is 0.205 e. The average molecular weight is 522 g/mol. The molecule has 0 spiro atoms. The number of nitriles is 2. The predicted molar refractivity (Wildman–Crippen MR) is 143 cm³/mol. The number of hydrogen-bond acceptors (Lipinski definition) is 7. The van der Waals surface area contributed by atoms with Gasteiger partial charge >= 0.3 is 0 Å². The second-order valence-electron chi connectivity index (χ2n) is 10.0. The zero-order chi connectivity index (χ0) is 27.4. The van der Waals surface area contributed by atoms with Crippen LogP contribution in [0.4, 0.5) is 0 Å². The van der Waals surface area contributed by atoms with Crippen LogP contribution in [-0.4, -0.2) is 34.6 Å². The fraction of sp³-hybridized carbons (Fsp3) is 0.290. The standard InChI is InChI=1S/C31H27N3O5/c1-3-31-25(37-2)16-30(39-31,14-15-38-21-11-8-19(17-32)9-12-21)26-27(31)29(36)34(28(26)35)24-13-10-20(18-33)22-6-4-5-7-23(22)24/h4-13,25,35-36H,3,14-16H2,1-2H3/t25-,30+,31-/m0/s1. The second kappa shape index (κ2) is 9.06. The van der Waals surface area contributed by atoms with Crippen molar-refractivity contribution in [1.29, 1.82) is 10.5 Å². The molecule has 2 bridgehead atoms. The van der Waals surface area contributed by atoms with Gasteiger partial charge in [-0.15, -0.1) is 0 Å². The number of benzene rings is 3. The second-order valence-corrected chi connectivity index (χ2v) is 10.0. The molecule has 39 heavy (non-hydrogen) atoms. The van der Waals surface area contributed by atoms with E-state index in [0.29, 0.717) is 53.0 Å². The van der Waals surface area contributed by atoms with Crippen LogP contribution in [0.3, 0.4) is 0 Å². The molecule has 3 aromatic carbocycles. The molecular formula is C31H27N3O5. The van der Waals surface area contributed by atoms with E-state index in [-0.39, 0.29) is 24.5 Å². The van der Waals surface area contributed by atoms with Crippen molar-refractivity contribution in [3.05, 3.63) is 82.9 Å². The molecule has 0 radical (unpaired) electrons. The minimum atomic E-state index is -0.937. The van der Waals surface area contributed by atoms with Gasteiger partial charge in [0.05, 0.1) is 52.8 Å². The van der Waals surface area contributed by atoms with Crippen molar-refractivity contribution in [2.45, 2.75) is 43.5 Å². The number of ether oxygens (including phenoxy) is 3.